The summed E-state index contributed by atoms with van der Waals surface area (Å²) in [5.41, 5.74) is 2.28. The van der Waals surface area contributed by atoms with Crippen molar-refractivity contribution in [3.63, 3.8) is 0 Å². The topological polar surface area (TPSA) is 92.9 Å². The van der Waals surface area contributed by atoms with Crippen molar-refractivity contribution in [1.82, 2.24) is 10.3 Å². The number of nitrogens with zero attached hydrogens (tertiary/aromatic N) is 1. The predicted molar refractivity (Wildman–Crippen MR) is 127 cm³/mol. The number of nitrogens with one attached hydrogen (secondary N) is 2. The Morgan fingerprint density at radius 3 is 2.70 bits per heavy atom. The second kappa shape index (κ2) is 12.3. The summed E-state index contributed by atoms with van der Waals surface area (Å²) < 4.78 is 16.7. The van der Waals surface area contributed by atoms with Crippen LogP contribution in [0.25, 0.3) is 0 Å². The van der Waals surface area contributed by atoms with Crippen LogP contribution in [0.2, 0.25) is 0 Å². The number of H-pyrrole nitrogens is 1. The number of hydrogen-bond acceptors (Lipinski definition) is 6. The number of aryl methyl sites for hydroxylation is 1. The van der Waals surface area contributed by atoms with Crippen LogP contribution in [0.5, 0.6) is 0 Å². The standard InChI is InChI=1S/C25H35N3O5/c1-4-6-14-32-24(29)20-15-23(26-18(20)3)28-13-12-21(22(16-28)31-5-2)27-25(30)33-17-19-10-8-7-9-11-19/h7-11,15,21-22,26H,4-6,12-14,16-17H2,1-3H3,(H,27,30). The van der Waals surface area contributed by atoms with E-state index in [-0.39, 0.29) is 24.7 Å². The largest absolute Gasteiger partial charge is 0.462 e. The molecule has 1 amide bonds. The minimum absolute atomic E-state index is 0.154. The number of aromatic nitrogens is 1. The first-order valence-corrected chi connectivity index (χ1v) is 11.7. The normalized spacial score (nSPS) is 18.1. The Labute approximate surface area is 195 Å². The molecule has 0 saturated carbocycles. The molecule has 2 N–H and O–H groups in total. The van der Waals surface area contributed by atoms with E-state index in [1.165, 1.54) is 0 Å². The molecule has 2 aromatic rings. The number of anilines is 1. The highest BCUT2D eigenvalue weighted by atomic mass is 16.5. The summed E-state index contributed by atoms with van der Waals surface area (Å²) in [7, 11) is 0. The second-order valence-electron chi connectivity index (χ2n) is 8.22. The summed E-state index contributed by atoms with van der Waals surface area (Å²) >= 11 is 0. The van der Waals surface area contributed by atoms with Gasteiger partial charge in [0.05, 0.1) is 24.3 Å². The molecule has 180 valence electrons. The van der Waals surface area contributed by atoms with Crippen LogP contribution < -0.4 is 10.2 Å². The number of hydrogen-bond donors (Lipinski definition) is 2. The van der Waals surface area contributed by atoms with E-state index in [2.05, 4.69) is 22.1 Å². The number of carbonyl (C=O) groups is 2. The second-order valence-corrected chi connectivity index (χ2v) is 8.22. The minimum Gasteiger partial charge on any atom is -0.462 e. The first-order valence-electron chi connectivity index (χ1n) is 11.7. The van der Waals surface area contributed by atoms with Crippen LogP contribution in [0, 0.1) is 6.92 Å². The summed E-state index contributed by atoms with van der Waals surface area (Å²) in [6.07, 6.45) is 1.88. The van der Waals surface area contributed by atoms with E-state index >= 15 is 0 Å². The highest BCUT2D eigenvalue weighted by Gasteiger charge is 2.32. The lowest BCUT2D eigenvalue weighted by molar-refractivity contribution is 0.0260. The zero-order valence-electron chi connectivity index (χ0n) is 19.8. The van der Waals surface area contributed by atoms with Crippen LogP contribution >= 0.6 is 0 Å². The molecule has 0 bridgehead atoms. The lowest BCUT2D eigenvalue weighted by Gasteiger charge is -2.38. The first kappa shape index (κ1) is 24.6. The van der Waals surface area contributed by atoms with Crippen LogP contribution in [0.1, 0.15) is 54.7 Å². The molecule has 1 aromatic carbocycles. The fourth-order valence-electron chi connectivity index (χ4n) is 3.91. The fourth-order valence-corrected chi connectivity index (χ4v) is 3.91. The van der Waals surface area contributed by atoms with Crippen LogP contribution in [0.3, 0.4) is 0 Å². The van der Waals surface area contributed by atoms with Crippen LogP contribution in [-0.2, 0) is 20.8 Å². The third-order valence-corrected chi connectivity index (χ3v) is 5.75. The smallest absolute Gasteiger partial charge is 0.407 e. The molecule has 1 fully saturated rings. The number of benzene rings is 1. The molecule has 1 aromatic heterocycles. The Kier molecular flexibility index (Phi) is 9.18. The summed E-state index contributed by atoms with van der Waals surface area (Å²) in [4.78, 5) is 30.2. The minimum atomic E-state index is -0.449. The van der Waals surface area contributed by atoms with Gasteiger partial charge < -0.3 is 29.4 Å². The van der Waals surface area contributed by atoms with Gasteiger partial charge in [0.15, 0.2) is 0 Å². The van der Waals surface area contributed by atoms with Crippen molar-refractivity contribution < 1.29 is 23.8 Å². The van der Waals surface area contributed by atoms with E-state index in [1.807, 2.05) is 50.2 Å². The van der Waals surface area contributed by atoms with Crippen molar-refractivity contribution in [3.8, 4) is 0 Å². The monoisotopic (exact) mass is 457 g/mol. The molecule has 1 aliphatic rings. The highest BCUT2D eigenvalue weighted by Crippen LogP contribution is 2.24. The number of unbranched alkanes of at least 4 members (excludes halogenated alkanes) is 1. The fraction of sp³-hybridized carbons (Fsp3) is 0.520. The maximum absolute atomic E-state index is 12.4. The Balaban J connectivity index is 1.57. The number of alkyl carbamates (subject to hydrolysis) is 1. The van der Waals surface area contributed by atoms with Gasteiger partial charge in [-0.3, -0.25) is 0 Å². The van der Waals surface area contributed by atoms with Crippen molar-refractivity contribution in [2.45, 2.75) is 58.8 Å². The predicted octanol–water partition coefficient (Wildman–Crippen LogP) is 4.19. The van der Waals surface area contributed by atoms with Crippen molar-refractivity contribution >= 4 is 17.9 Å². The summed E-state index contributed by atoms with van der Waals surface area (Å²) in [5.74, 6) is 0.548. The van der Waals surface area contributed by atoms with Crippen LogP contribution in [0.15, 0.2) is 36.4 Å². The number of amides is 1. The van der Waals surface area contributed by atoms with E-state index in [9.17, 15) is 9.59 Å². The zero-order chi connectivity index (χ0) is 23.6. The highest BCUT2D eigenvalue weighted by molar-refractivity contribution is 5.92. The van der Waals surface area contributed by atoms with Gasteiger partial charge in [0.2, 0.25) is 0 Å². The summed E-state index contributed by atoms with van der Waals surface area (Å²) in [6, 6.07) is 11.3. The Bertz CT molecular complexity index is 899. The van der Waals surface area contributed by atoms with Crippen molar-refractivity contribution in [1.29, 1.82) is 0 Å². The lowest BCUT2D eigenvalue weighted by Crippen LogP contribution is -2.55. The van der Waals surface area contributed by atoms with Crippen molar-refractivity contribution in [2.24, 2.45) is 0 Å². The van der Waals surface area contributed by atoms with Gasteiger partial charge in [0.1, 0.15) is 12.4 Å². The van der Waals surface area contributed by atoms with E-state index in [0.717, 1.165) is 29.9 Å². The van der Waals surface area contributed by atoms with Gasteiger partial charge in [-0.2, -0.15) is 0 Å². The molecule has 8 heteroatoms. The molecule has 2 unspecified atom stereocenters. The molecule has 0 spiro atoms. The molecule has 1 aliphatic heterocycles. The summed E-state index contributed by atoms with van der Waals surface area (Å²) in [6.45, 7) is 8.35. The van der Waals surface area contributed by atoms with Crippen LogP contribution in [-0.4, -0.2) is 55.5 Å². The zero-order valence-corrected chi connectivity index (χ0v) is 19.8. The Morgan fingerprint density at radius 1 is 1.18 bits per heavy atom. The number of rotatable bonds is 10. The number of piperidine rings is 1. The van der Waals surface area contributed by atoms with Gasteiger partial charge in [-0.1, -0.05) is 43.7 Å². The van der Waals surface area contributed by atoms with E-state index in [4.69, 9.17) is 14.2 Å². The summed E-state index contributed by atoms with van der Waals surface area (Å²) in [5, 5.41) is 2.96. The van der Waals surface area contributed by atoms with Gasteiger partial charge in [-0.25, -0.2) is 9.59 Å². The maximum atomic E-state index is 12.4. The van der Waals surface area contributed by atoms with Gasteiger partial charge in [0, 0.05) is 25.4 Å². The van der Waals surface area contributed by atoms with Crippen molar-refractivity contribution in [3.05, 3.63) is 53.2 Å². The van der Waals surface area contributed by atoms with Crippen molar-refractivity contribution in [2.75, 3.05) is 31.2 Å². The number of carbonyl (C=O) groups excluding carboxylic acids is 2. The average Bonchev–Trinajstić information content (AvgIpc) is 3.21. The van der Waals surface area contributed by atoms with E-state index < -0.39 is 6.09 Å². The molecular weight excluding hydrogens is 422 g/mol. The average molecular weight is 458 g/mol. The van der Waals surface area contributed by atoms with Crippen LogP contribution in [0.4, 0.5) is 10.6 Å². The molecular formula is C25H35N3O5. The van der Waals surface area contributed by atoms with Gasteiger partial charge in [-0.15, -0.1) is 0 Å². The third kappa shape index (κ3) is 6.99. The molecule has 3 rings (SSSR count). The molecule has 0 aliphatic carbocycles. The quantitative estimate of drug-likeness (QED) is 0.411. The Morgan fingerprint density at radius 2 is 1.97 bits per heavy atom. The number of aromatic amines is 1. The molecule has 2 heterocycles. The molecule has 8 nitrogen and oxygen atoms in total. The third-order valence-electron chi connectivity index (χ3n) is 5.75. The SMILES string of the molecule is CCCCOC(=O)c1cc(N2CCC(NC(=O)OCc3ccccc3)C(OCC)C2)[nH]c1C. The molecule has 0 radical (unpaired) electrons. The lowest BCUT2D eigenvalue weighted by atomic mass is 10.0. The number of esters is 1. The Hall–Kier alpha value is -3.00. The first-order chi connectivity index (χ1) is 16.0. The van der Waals surface area contributed by atoms with Gasteiger partial charge in [0.25, 0.3) is 0 Å². The molecule has 1 saturated heterocycles. The molecule has 2 atom stereocenters. The van der Waals surface area contributed by atoms with E-state index in [1.54, 1.807) is 0 Å². The number of ether oxygens (including phenoxy) is 3. The van der Waals surface area contributed by atoms with E-state index in [0.29, 0.717) is 38.3 Å². The van der Waals surface area contributed by atoms with Gasteiger partial charge in [-0.05, 0) is 38.3 Å². The molecule has 33 heavy (non-hydrogen) atoms. The maximum Gasteiger partial charge on any atom is 0.407 e. The van der Waals surface area contributed by atoms with Gasteiger partial charge >= 0.3 is 12.1 Å².